The molecule has 0 bridgehead atoms. The standard InChI is InChI=1S/C16H21F3O2/c1-15(2,3)14(20)21-11-7-10-13(16(17,18)19)12-8-5-4-6-9-12/h4-6,8-9,13H,7,10-11H2,1-3H3. The number of hydrogen-bond donors (Lipinski definition) is 0. The predicted octanol–water partition coefficient (Wildman–Crippen LogP) is 4.70. The second kappa shape index (κ2) is 6.96. The highest BCUT2D eigenvalue weighted by Crippen LogP contribution is 2.38. The quantitative estimate of drug-likeness (QED) is 0.582. The van der Waals surface area contributed by atoms with E-state index in [-0.39, 0.29) is 25.0 Å². The fourth-order valence-electron chi connectivity index (χ4n) is 1.87. The molecule has 1 aromatic carbocycles. The number of alkyl halides is 3. The van der Waals surface area contributed by atoms with Crippen molar-refractivity contribution in [3.63, 3.8) is 0 Å². The summed E-state index contributed by atoms with van der Waals surface area (Å²) >= 11 is 0. The Kier molecular flexibility index (Phi) is 5.81. The van der Waals surface area contributed by atoms with Gasteiger partial charge in [-0.15, -0.1) is 0 Å². The van der Waals surface area contributed by atoms with E-state index in [9.17, 15) is 18.0 Å². The number of rotatable bonds is 5. The predicted molar refractivity (Wildman–Crippen MR) is 74.9 cm³/mol. The molecule has 0 aromatic heterocycles. The van der Waals surface area contributed by atoms with Crippen molar-refractivity contribution in [2.24, 2.45) is 5.41 Å². The van der Waals surface area contributed by atoms with Crippen molar-refractivity contribution < 1.29 is 22.7 Å². The first-order valence-electron chi connectivity index (χ1n) is 6.91. The molecule has 118 valence electrons. The number of carbonyl (C=O) groups is 1. The van der Waals surface area contributed by atoms with Crippen LogP contribution in [0.15, 0.2) is 30.3 Å². The molecule has 0 fully saturated rings. The molecule has 0 heterocycles. The van der Waals surface area contributed by atoms with Crippen molar-refractivity contribution in [3.8, 4) is 0 Å². The number of ether oxygens (including phenoxy) is 1. The van der Waals surface area contributed by atoms with Crippen LogP contribution in [0.25, 0.3) is 0 Å². The Labute approximate surface area is 123 Å². The Hall–Kier alpha value is -1.52. The Balaban J connectivity index is 2.55. The summed E-state index contributed by atoms with van der Waals surface area (Å²) in [6, 6.07) is 7.81. The first-order valence-corrected chi connectivity index (χ1v) is 6.91. The summed E-state index contributed by atoms with van der Waals surface area (Å²) in [6.07, 6.45) is -4.21. The van der Waals surface area contributed by atoms with Crippen LogP contribution in [0.4, 0.5) is 13.2 Å². The molecule has 1 rings (SSSR count). The van der Waals surface area contributed by atoms with Gasteiger partial charge in [0.05, 0.1) is 17.9 Å². The first kappa shape index (κ1) is 17.5. The van der Waals surface area contributed by atoms with Gasteiger partial charge in [-0.25, -0.2) is 0 Å². The largest absolute Gasteiger partial charge is 0.465 e. The number of carbonyl (C=O) groups excluding carboxylic acids is 1. The minimum Gasteiger partial charge on any atom is -0.465 e. The van der Waals surface area contributed by atoms with Gasteiger partial charge in [-0.1, -0.05) is 30.3 Å². The fraction of sp³-hybridized carbons (Fsp3) is 0.562. The molecule has 0 saturated carbocycles. The normalized spacial score (nSPS) is 13.8. The molecular formula is C16H21F3O2. The lowest BCUT2D eigenvalue weighted by Crippen LogP contribution is -2.24. The second-order valence-corrected chi connectivity index (χ2v) is 6.03. The lowest BCUT2D eigenvalue weighted by molar-refractivity contribution is -0.156. The molecule has 21 heavy (non-hydrogen) atoms. The molecule has 5 heteroatoms. The molecule has 2 nitrogen and oxygen atoms in total. The lowest BCUT2D eigenvalue weighted by atomic mass is 9.94. The van der Waals surface area contributed by atoms with Crippen LogP contribution >= 0.6 is 0 Å². The Morgan fingerprint density at radius 1 is 1.14 bits per heavy atom. The summed E-state index contributed by atoms with van der Waals surface area (Å²) in [5.41, 5.74) is -0.393. The van der Waals surface area contributed by atoms with E-state index in [2.05, 4.69) is 0 Å². The van der Waals surface area contributed by atoms with Crippen molar-refractivity contribution in [1.82, 2.24) is 0 Å². The first-order chi connectivity index (χ1) is 9.62. The highest BCUT2D eigenvalue weighted by Gasteiger charge is 2.40. The van der Waals surface area contributed by atoms with E-state index < -0.39 is 23.5 Å². The maximum Gasteiger partial charge on any atom is 0.395 e. The van der Waals surface area contributed by atoms with Crippen LogP contribution in [0, 0.1) is 5.41 Å². The van der Waals surface area contributed by atoms with Crippen LogP contribution < -0.4 is 0 Å². The van der Waals surface area contributed by atoms with Crippen LogP contribution in [0.3, 0.4) is 0 Å². The zero-order valence-corrected chi connectivity index (χ0v) is 12.5. The van der Waals surface area contributed by atoms with Gasteiger partial charge in [0.25, 0.3) is 0 Å². The van der Waals surface area contributed by atoms with Gasteiger partial charge in [-0.2, -0.15) is 13.2 Å². The molecule has 1 unspecified atom stereocenters. The highest BCUT2D eigenvalue weighted by molar-refractivity contribution is 5.75. The molecule has 0 N–H and O–H groups in total. The summed E-state index contributed by atoms with van der Waals surface area (Å²) in [5, 5.41) is 0. The minimum absolute atomic E-state index is 0.00944. The smallest absolute Gasteiger partial charge is 0.395 e. The van der Waals surface area contributed by atoms with Gasteiger partial charge in [0.2, 0.25) is 0 Å². The maximum atomic E-state index is 13.1. The molecular weight excluding hydrogens is 281 g/mol. The van der Waals surface area contributed by atoms with E-state index in [1.807, 2.05) is 0 Å². The van der Waals surface area contributed by atoms with Crippen molar-refractivity contribution in [3.05, 3.63) is 35.9 Å². The Morgan fingerprint density at radius 2 is 1.71 bits per heavy atom. The van der Waals surface area contributed by atoms with E-state index >= 15 is 0 Å². The van der Waals surface area contributed by atoms with Gasteiger partial charge in [0.1, 0.15) is 0 Å². The number of benzene rings is 1. The van der Waals surface area contributed by atoms with Gasteiger partial charge >= 0.3 is 12.1 Å². The lowest BCUT2D eigenvalue weighted by Gasteiger charge is -2.21. The average molecular weight is 302 g/mol. The maximum absolute atomic E-state index is 13.1. The van der Waals surface area contributed by atoms with Crippen LogP contribution in [-0.2, 0) is 9.53 Å². The van der Waals surface area contributed by atoms with Gasteiger partial charge in [-0.05, 0) is 39.2 Å². The van der Waals surface area contributed by atoms with E-state index in [1.54, 1.807) is 39.0 Å². The molecule has 0 aliphatic heterocycles. The average Bonchev–Trinajstić information content (AvgIpc) is 2.36. The third-order valence-corrected chi connectivity index (χ3v) is 3.08. The van der Waals surface area contributed by atoms with Crippen LogP contribution in [-0.4, -0.2) is 18.8 Å². The SMILES string of the molecule is CC(C)(C)C(=O)OCCCC(c1ccccc1)C(F)(F)F. The Bertz CT molecular complexity index is 447. The van der Waals surface area contributed by atoms with Crippen LogP contribution in [0.2, 0.25) is 0 Å². The molecule has 0 radical (unpaired) electrons. The Morgan fingerprint density at radius 3 is 2.19 bits per heavy atom. The molecule has 0 saturated heterocycles. The van der Waals surface area contributed by atoms with Crippen molar-refractivity contribution in [2.75, 3.05) is 6.61 Å². The summed E-state index contributed by atoms with van der Waals surface area (Å²) in [5.74, 6) is -1.92. The molecule has 0 amide bonds. The van der Waals surface area contributed by atoms with Gasteiger partial charge in [0.15, 0.2) is 0 Å². The van der Waals surface area contributed by atoms with Crippen LogP contribution in [0.5, 0.6) is 0 Å². The number of hydrogen-bond acceptors (Lipinski definition) is 2. The number of esters is 1. The third kappa shape index (κ3) is 5.78. The summed E-state index contributed by atoms with van der Waals surface area (Å²) in [4.78, 5) is 11.5. The topological polar surface area (TPSA) is 26.3 Å². The second-order valence-electron chi connectivity index (χ2n) is 6.03. The van der Waals surface area contributed by atoms with Crippen LogP contribution in [0.1, 0.15) is 45.1 Å². The number of halogens is 3. The van der Waals surface area contributed by atoms with Crippen molar-refractivity contribution >= 4 is 5.97 Å². The van der Waals surface area contributed by atoms with Gasteiger partial charge in [-0.3, -0.25) is 4.79 Å². The monoisotopic (exact) mass is 302 g/mol. The highest BCUT2D eigenvalue weighted by atomic mass is 19.4. The molecule has 0 aliphatic rings. The fourth-order valence-corrected chi connectivity index (χ4v) is 1.87. The van der Waals surface area contributed by atoms with Crippen molar-refractivity contribution in [1.29, 1.82) is 0 Å². The zero-order chi connectivity index (χ0) is 16.1. The summed E-state index contributed by atoms with van der Waals surface area (Å²) in [7, 11) is 0. The van der Waals surface area contributed by atoms with Gasteiger partial charge in [0, 0.05) is 0 Å². The van der Waals surface area contributed by atoms with E-state index in [0.29, 0.717) is 0 Å². The molecule has 0 spiro atoms. The zero-order valence-electron chi connectivity index (χ0n) is 12.5. The van der Waals surface area contributed by atoms with Gasteiger partial charge < -0.3 is 4.74 Å². The molecule has 1 aromatic rings. The molecule has 1 atom stereocenters. The van der Waals surface area contributed by atoms with E-state index in [0.717, 1.165) is 0 Å². The summed E-state index contributed by atoms with van der Waals surface area (Å²) in [6.45, 7) is 5.13. The molecule has 0 aliphatic carbocycles. The minimum atomic E-state index is -4.30. The van der Waals surface area contributed by atoms with E-state index in [1.165, 1.54) is 12.1 Å². The summed E-state index contributed by atoms with van der Waals surface area (Å²) < 4.78 is 44.2. The third-order valence-electron chi connectivity index (χ3n) is 3.08. The van der Waals surface area contributed by atoms with E-state index in [4.69, 9.17) is 4.74 Å². The van der Waals surface area contributed by atoms with Crippen molar-refractivity contribution in [2.45, 2.75) is 45.7 Å².